The van der Waals surface area contributed by atoms with Gasteiger partial charge in [-0.15, -0.1) is 0 Å². The quantitative estimate of drug-likeness (QED) is 0.844. The standard InChI is InChI=1S/C11H13BrO/c12-10-3-1-2-8-4-5-9(6-7-13)11(8)10/h1-3,9,13H,4-7H2. The number of benzene rings is 1. The molecule has 13 heavy (non-hydrogen) atoms. The van der Waals surface area contributed by atoms with Crippen molar-refractivity contribution in [1.29, 1.82) is 0 Å². The molecule has 1 aliphatic rings. The molecule has 1 unspecified atom stereocenters. The molecule has 1 N–H and O–H groups in total. The molecule has 0 aliphatic heterocycles. The van der Waals surface area contributed by atoms with E-state index in [2.05, 4.69) is 34.1 Å². The molecule has 1 aromatic rings. The normalized spacial score (nSPS) is 20.3. The van der Waals surface area contributed by atoms with Crippen LogP contribution in [0.25, 0.3) is 0 Å². The first-order chi connectivity index (χ1) is 6.33. The molecule has 70 valence electrons. The molecule has 2 heteroatoms. The van der Waals surface area contributed by atoms with Gasteiger partial charge in [-0.05, 0) is 42.4 Å². The zero-order valence-corrected chi connectivity index (χ0v) is 9.05. The Balaban J connectivity index is 2.34. The van der Waals surface area contributed by atoms with Gasteiger partial charge in [0.15, 0.2) is 0 Å². The molecule has 1 atom stereocenters. The maximum absolute atomic E-state index is 8.93. The number of aliphatic hydroxyl groups excluding tert-OH is 1. The average Bonchev–Trinajstić information content (AvgIpc) is 2.51. The van der Waals surface area contributed by atoms with Crippen LogP contribution in [0.4, 0.5) is 0 Å². The van der Waals surface area contributed by atoms with Crippen molar-refractivity contribution in [3.63, 3.8) is 0 Å². The van der Waals surface area contributed by atoms with E-state index in [4.69, 9.17) is 5.11 Å². The highest BCUT2D eigenvalue weighted by Gasteiger charge is 2.23. The number of rotatable bonds is 2. The van der Waals surface area contributed by atoms with Gasteiger partial charge >= 0.3 is 0 Å². The Kier molecular flexibility index (Phi) is 2.70. The number of hydrogen-bond acceptors (Lipinski definition) is 1. The van der Waals surface area contributed by atoms with Crippen molar-refractivity contribution in [2.75, 3.05) is 6.61 Å². The van der Waals surface area contributed by atoms with E-state index in [1.54, 1.807) is 0 Å². The van der Waals surface area contributed by atoms with Crippen LogP contribution in [0.15, 0.2) is 22.7 Å². The molecule has 0 amide bonds. The Morgan fingerprint density at radius 2 is 2.31 bits per heavy atom. The van der Waals surface area contributed by atoms with E-state index in [-0.39, 0.29) is 0 Å². The van der Waals surface area contributed by atoms with Gasteiger partial charge < -0.3 is 5.11 Å². The fraction of sp³-hybridized carbons (Fsp3) is 0.455. The van der Waals surface area contributed by atoms with Crippen LogP contribution in [0.1, 0.15) is 29.9 Å². The summed E-state index contributed by atoms with van der Waals surface area (Å²) in [6.07, 6.45) is 3.26. The predicted molar refractivity (Wildman–Crippen MR) is 56.9 cm³/mol. The topological polar surface area (TPSA) is 20.2 Å². The minimum absolute atomic E-state index is 0.297. The summed E-state index contributed by atoms with van der Waals surface area (Å²) in [5.41, 5.74) is 2.88. The van der Waals surface area contributed by atoms with Gasteiger partial charge in [-0.2, -0.15) is 0 Å². The fourth-order valence-electron chi connectivity index (χ4n) is 2.18. The van der Waals surface area contributed by atoms with Crippen LogP contribution < -0.4 is 0 Å². The SMILES string of the molecule is OCCC1CCc2cccc(Br)c21. The van der Waals surface area contributed by atoms with Crippen LogP contribution >= 0.6 is 15.9 Å². The van der Waals surface area contributed by atoms with Crippen LogP contribution in [0.3, 0.4) is 0 Å². The van der Waals surface area contributed by atoms with E-state index in [1.807, 2.05) is 0 Å². The lowest BCUT2D eigenvalue weighted by Gasteiger charge is -2.11. The highest BCUT2D eigenvalue weighted by molar-refractivity contribution is 9.10. The summed E-state index contributed by atoms with van der Waals surface area (Å²) in [6.45, 7) is 0.297. The Bertz CT molecular complexity index is 307. The number of aliphatic hydroxyl groups is 1. The summed E-state index contributed by atoms with van der Waals surface area (Å²) in [7, 11) is 0. The fourth-order valence-corrected chi connectivity index (χ4v) is 2.91. The van der Waals surface area contributed by atoms with Gasteiger partial charge in [0.25, 0.3) is 0 Å². The Labute approximate surface area is 86.9 Å². The number of hydrogen-bond donors (Lipinski definition) is 1. The maximum atomic E-state index is 8.93. The third-order valence-corrected chi connectivity index (χ3v) is 3.48. The Hall–Kier alpha value is -0.340. The largest absolute Gasteiger partial charge is 0.396 e. The molecule has 0 aromatic heterocycles. The number of fused-ring (bicyclic) bond motifs is 1. The summed E-state index contributed by atoms with van der Waals surface area (Å²) in [5.74, 6) is 0.565. The monoisotopic (exact) mass is 240 g/mol. The molecular formula is C11H13BrO. The average molecular weight is 241 g/mol. The van der Waals surface area contributed by atoms with Crippen LogP contribution in [-0.4, -0.2) is 11.7 Å². The molecule has 1 aromatic carbocycles. The van der Waals surface area contributed by atoms with Crippen LogP contribution in [0, 0.1) is 0 Å². The zero-order chi connectivity index (χ0) is 9.26. The summed E-state index contributed by atoms with van der Waals surface area (Å²) in [4.78, 5) is 0. The maximum Gasteiger partial charge on any atom is 0.0436 e. The van der Waals surface area contributed by atoms with Gasteiger partial charge in [-0.3, -0.25) is 0 Å². The lowest BCUT2D eigenvalue weighted by Crippen LogP contribution is -1.97. The van der Waals surface area contributed by atoms with E-state index >= 15 is 0 Å². The van der Waals surface area contributed by atoms with Gasteiger partial charge in [0, 0.05) is 11.1 Å². The van der Waals surface area contributed by atoms with E-state index in [0.29, 0.717) is 12.5 Å². The summed E-state index contributed by atoms with van der Waals surface area (Å²) >= 11 is 3.58. The Morgan fingerprint density at radius 3 is 3.08 bits per heavy atom. The second kappa shape index (κ2) is 3.81. The van der Waals surface area contributed by atoms with Crippen molar-refractivity contribution in [2.45, 2.75) is 25.2 Å². The summed E-state index contributed by atoms with van der Waals surface area (Å²) in [5, 5.41) is 8.93. The first-order valence-electron chi connectivity index (χ1n) is 4.71. The molecule has 0 radical (unpaired) electrons. The molecule has 0 spiro atoms. The lowest BCUT2D eigenvalue weighted by atomic mass is 9.98. The van der Waals surface area contributed by atoms with Crippen molar-refractivity contribution in [2.24, 2.45) is 0 Å². The van der Waals surface area contributed by atoms with Gasteiger partial charge in [0.05, 0.1) is 0 Å². The van der Waals surface area contributed by atoms with Crippen molar-refractivity contribution in [3.05, 3.63) is 33.8 Å². The van der Waals surface area contributed by atoms with E-state index in [9.17, 15) is 0 Å². The first kappa shape index (κ1) is 9.22. The highest BCUT2D eigenvalue weighted by Crippen LogP contribution is 2.39. The molecule has 1 aliphatic carbocycles. The molecule has 0 bridgehead atoms. The second-order valence-corrected chi connectivity index (χ2v) is 4.41. The molecule has 1 nitrogen and oxygen atoms in total. The number of halogens is 1. The van der Waals surface area contributed by atoms with Gasteiger partial charge in [-0.25, -0.2) is 0 Å². The molecular weight excluding hydrogens is 228 g/mol. The molecule has 0 saturated carbocycles. The summed E-state index contributed by atoms with van der Waals surface area (Å²) in [6, 6.07) is 6.37. The van der Waals surface area contributed by atoms with E-state index in [0.717, 1.165) is 6.42 Å². The smallest absolute Gasteiger partial charge is 0.0436 e. The van der Waals surface area contributed by atoms with E-state index < -0.39 is 0 Å². The lowest BCUT2D eigenvalue weighted by molar-refractivity contribution is 0.275. The zero-order valence-electron chi connectivity index (χ0n) is 7.46. The van der Waals surface area contributed by atoms with Crippen molar-refractivity contribution in [1.82, 2.24) is 0 Å². The first-order valence-corrected chi connectivity index (χ1v) is 5.50. The van der Waals surface area contributed by atoms with Crippen LogP contribution in [0.2, 0.25) is 0 Å². The van der Waals surface area contributed by atoms with Gasteiger partial charge in [0.1, 0.15) is 0 Å². The van der Waals surface area contributed by atoms with E-state index in [1.165, 1.54) is 28.4 Å². The summed E-state index contributed by atoms with van der Waals surface area (Å²) < 4.78 is 1.21. The van der Waals surface area contributed by atoms with Gasteiger partial charge in [0.2, 0.25) is 0 Å². The Morgan fingerprint density at radius 1 is 1.46 bits per heavy atom. The second-order valence-electron chi connectivity index (χ2n) is 3.56. The molecule has 0 saturated heterocycles. The van der Waals surface area contributed by atoms with Crippen molar-refractivity contribution >= 4 is 15.9 Å². The minimum atomic E-state index is 0.297. The molecule has 0 heterocycles. The minimum Gasteiger partial charge on any atom is -0.396 e. The van der Waals surface area contributed by atoms with Crippen LogP contribution in [-0.2, 0) is 6.42 Å². The molecule has 2 rings (SSSR count). The van der Waals surface area contributed by atoms with Crippen LogP contribution in [0.5, 0.6) is 0 Å². The third-order valence-electron chi connectivity index (χ3n) is 2.79. The predicted octanol–water partition coefficient (Wildman–Crippen LogP) is 2.86. The van der Waals surface area contributed by atoms with Gasteiger partial charge in [-0.1, -0.05) is 28.1 Å². The third kappa shape index (κ3) is 1.65. The molecule has 0 fully saturated rings. The van der Waals surface area contributed by atoms with Crippen molar-refractivity contribution < 1.29 is 5.11 Å². The number of aryl methyl sites for hydroxylation is 1. The highest BCUT2D eigenvalue weighted by atomic mass is 79.9. The van der Waals surface area contributed by atoms with Crippen molar-refractivity contribution in [3.8, 4) is 0 Å².